The van der Waals surface area contributed by atoms with Crippen LogP contribution in [0.5, 0.6) is 0 Å². The lowest BCUT2D eigenvalue weighted by atomic mass is 10.3. The minimum Gasteiger partial charge on any atom is -0.462 e. The maximum Gasteiger partial charge on any atom is 0.348 e. The standard InChI is InChI=1S/C14H12N2O2S/c1-2-18-14(17)13-7-10(8-19-13)16-9-15-11-5-3-4-6-12(11)16/h3-9H,2H2,1H3. The molecule has 0 aliphatic carbocycles. The van der Waals surface area contributed by atoms with Gasteiger partial charge in [-0.05, 0) is 25.1 Å². The zero-order chi connectivity index (χ0) is 13.2. The molecule has 19 heavy (non-hydrogen) atoms. The number of aromatic nitrogens is 2. The van der Waals surface area contributed by atoms with Crippen molar-refractivity contribution in [1.82, 2.24) is 9.55 Å². The van der Waals surface area contributed by atoms with Crippen LogP contribution in [0, 0.1) is 0 Å². The SMILES string of the molecule is CCOC(=O)c1cc(-n2cnc3ccccc32)cs1. The number of ether oxygens (including phenoxy) is 1. The predicted octanol–water partition coefficient (Wildman–Crippen LogP) is 3.26. The van der Waals surface area contributed by atoms with Crippen LogP contribution in [-0.4, -0.2) is 22.1 Å². The summed E-state index contributed by atoms with van der Waals surface area (Å²) in [5.41, 5.74) is 2.89. The number of hydrogen-bond acceptors (Lipinski definition) is 4. The van der Waals surface area contributed by atoms with Crippen LogP contribution in [0.15, 0.2) is 42.0 Å². The summed E-state index contributed by atoms with van der Waals surface area (Å²) in [6.45, 7) is 2.19. The lowest BCUT2D eigenvalue weighted by Crippen LogP contribution is -2.01. The van der Waals surface area contributed by atoms with E-state index in [2.05, 4.69) is 4.98 Å². The molecule has 0 aliphatic rings. The van der Waals surface area contributed by atoms with E-state index < -0.39 is 0 Å². The Morgan fingerprint density at radius 2 is 2.26 bits per heavy atom. The minimum atomic E-state index is -0.275. The zero-order valence-electron chi connectivity index (χ0n) is 10.4. The average Bonchev–Trinajstić information content (AvgIpc) is 3.05. The first-order valence-electron chi connectivity index (χ1n) is 5.97. The Bertz CT molecular complexity index is 730. The number of carbonyl (C=O) groups is 1. The maximum absolute atomic E-state index is 11.7. The number of rotatable bonds is 3. The number of imidazole rings is 1. The van der Waals surface area contributed by atoms with E-state index in [9.17, 15) is 4.79 Å². The van der Waals surface area contributed by atoms with Gasteiger partial charge in [0.05, 0.1) is 23.3 Å². The Kier molecular flexibility index (Phi) is 3.05. The number of thiophene rings is 1. The first-order valence-corrected chi connectivity index (χ1v) is 6.85. The molecule has 0 saturated heterocycles. The summed E-state index contributed by atoms with van der Waals surface area (Å²) in [7, 11) is 0. The van der Waals surface area contributed by atoms with Gasteiger partial charge in [0.1, 0.15) is 11.2 Å². The molecule has 2 heterocycles. The summed E-state index contributed by atoms with van der Waals surface area (Å²) in [6, 6.07) is 9.72. The van der Waals surface area contributed by atoms with Crippen molar-refractivity contribution in [2.24, 2.45) is 0 Å². The number of benzene rings is 1. The number of fused-ring (bicyclic) bond motifs is 1. The van der Waals surface area contributed by atoms with Gasteiger partial charge in [0.25, 0.3) is 0 Å². The molecule has 1 aromatic carbocycles. The average molecular weight is 272 g/mol. The number of nitrogens with zero attached hydrogens (tertiary/aromatic N) is 2. The Labute approximate surface area is 114 Å². The van der Waals surface area contributed by atoms with E-state index in [1.807, 2.05) is 40.3 Å². The van der Waals surface area contributed by atoms with E-state index in [4.69, 9.17) is 4.74 Å². The van der Waals surface area contributed by atoms with Gasteiger partial charge in [-0.15, -0.1) is 11.3 Å². The van der Waals surface area contributed by atoms with Crippen LogP contribution in [0.4, 0.5) is 0 Å². The number of esters is 1. The van der Waals surface area contributed by atoms with E-state index in [-0.39, 0.29) is 5.97 Å². The van der Waals surface area contributed by atoms with Gasteiger partial charge < -0.3 is 4.74 Å². The summed E-state index contributed by atoms with van der Waals surface area (Å²) in [6.07, 6.45) is 1.77. The molecule has 0 saturated carbocycles. The van der Waals surface area contributed by atoms with E-state index in [1.165, 1.54) is 11.3 Å². The lowest BCUT2D eigenvalue weighted by Gasteiger charge is -2.00. The molecule has 4 nitrogen and oxygen atoms in total. The minimum absolute atomic E-state index is 0.275. The van der Waals surface area contributed by atoms with Crippen molar-refractivity contribution in [3.8, 4) is 5.69 Å². The monoisotopic (exact) mass is 272 g/mol. The summed E-state index contributed by atoms with van der Waals surface area (Å²) in [5.74, 6) is -0.275. The van der Waals surface area contributed by atoms with Crippen LogP contribution in [0.3, 0.4) is 0 Å². The highest BCUT2D eigenvalue weighted by Crippen LogP contribution is 2.23. The third kappa shape index (κ3) is 2.13. The highest BCUT2D eigenvalue weighted by molar-refractivity contribution is 7.12. The fourth-order valence-corrected chi connectivity index (χ4v) is 2.70. The molecule has 96 valence electrons. The molecule has 0 fully saturated rings. The lowest BCUT2D eigenvalue weighted by molar-refractivity contribution is 0.0532. The fraction of sp³-hybridized carbons (Fsp3) is 0.143. The normalized spacial score (nSPS) is 10.8. The summed E-state index contributed by atoms with van der Waals surface area (Å²) in [4.78, 5) is 16.6. The fourth-order valence-electron chi connectivity index (χ4n) is 1.93. The van der Waals surface area contributed by atoms with Crippen molar-refractivity contribution in [3.05, 3.63) is 46.9 Å². The molecule has 0 spiro atoms. The van der Waals surface area contributed by atoms with E-state index in [1.54, 1.807) is 13.3 Å². The molecular weight excluding hydrogens is 260 g/mol. The molecule has 0 unspecified atom stereocenters. The van der Waals surface area contributed by atoms with Gasteiger partial charge in [-0.25, -0.2) is 9.78 Å². The summed E-state index contributed by atoms with van der Waals surface area (Å²) < 4.78 is 6.96. The zero-order valence-corrected chi connectivity index (χ0v) is 11.2. The van der Waals surface area contributed by atoms with Gasteiger partial charge >= 0.3 is 5.97 Å². The maximum atomic E-state index is 11.7. The molecule has 0 N–H and O–H groups in total. The van der Waals surface area contributed by atoms with Crippen LogP contribution < -0.4 is 0 Å². The molecule has 3 aromatic rings. The molecular formula is C14H12N2O2S. The van der Waals surface area contributed by atoms with E-state index >= 15 is 0 Å². The second kappa shape index (κ2) is 4.85. The summed E-state index contributed by atoms with van der Waals surface area (Å²) in [5, 5.41) is 1.93. The summed E-state index contributed by atoms with van der Waals surface area (Å²) >= 11 is 1.38. The number of hydrogen-bond donors (Lipinski definition) is 0. The Balaban J connectivity index is 2.01. The van der Waals surface area contributed by atoms with Crippen LogP contribution in [0.1, 0.15) is 16.6 Å². The van der Waals surface area contributed by atoms with Gasteiger partial charge in [0, 0.05) is 5.38 Å². The van der Waals surface area contributed by atoms with Crippen LogP contribution >= 0.6 is 11.3 Å². The Morgan fingerprint density at radius 3 is 3.11 bits per heavy atom. The van der Waals surface area contributed by atoms with Crippen molar-refractivity contribution in [3.63, 3.8) is 0 Å². The Hall–Kier alpha value is -2.14. The third-order valence-corrected chi connectivity index (χ3v) is 3.69. The molecule has 0 amide bonds. The quantitative estimate of drug-likeness (QED) is 0.687. The van der Waals surface area contributed by atoms with Gasteiger partial charge in [-0.1, -0.05) is 12.1 Å². The van der Waals surface area contributed by atoms with Crippen molar-refractivity contribution in [2.75, 3.05) is 6.61 Å². The smallest absolute Gasteiger partial charge is 0.348 e. The van der Waals surface area contributed by atoms with Crippen LogP contribution in [-0.2, 0) is 4.74 Å². The molecule has 5 heteroatoms. The first kappa shape index (κ1) is 11.9. The number of para-hydroxylation sites is 2. The second-order valence-electron chi connectivity index (χ2n) is 3.99. The van der Waals surface area contributed by atoms with Crippen LogP contribution in [0.2, 0.25) is 0 Å². The molecule has 0 atom stereocenters. The van der Waals surface area contributed by atoms with Gasteiger partial charge in [0.2, 0.25) is 0 Å². The highest BCUT2D eigenvalue weighted by atomic mass is 32.1. The molecule has 0 radical (unpaired) electrons. The van der Waals surface area contributed by atoms with Crippen molar-refractivity contribution in [2.45, 2.75) is 6.92 Å². The van der Waals surface area contributed by atoms with Crippen molar-refractivity contribution >= 4 is 28.3 Å². The molecule has 0 bridgehead atoms. The predicted molar refractivity (Wildman–Crippen MR) is 74.9 cm³/mol. The number of carbonyl (C=O) groups excluding carboxylic acids is 1. The Morgan fingerprint density at radius 1 is 1.42 bits per heavy atom. The van der Waals surface area contributed by atoms with Gasteiger partial charge in [-0.2, -0.15) is 0 Å². The topological polar surface area (TPSA) is 44.1 Å². The van der Waals surface area contributed by atoms with Crippen molar-refractivity contribution < 1.29 is 9.53 Å². The van der Waals surface area contributed by atoms with Crippen molar-refractivity contribution in [1.29, 1.82) is 0 Å². The highest BCUT2D eigenvalue weighted by Gasteiger charge is 2.12. The molecule has 0 aliphatic heterocycles. The largest absolute Gasteiger partial charge is 0.462 e. The second-order valence-corrected chi connectivity index (χ2v) is 4.90. The molecule has 3 rings (SSSR count). The van der Waals surface area contributed by atoms with E-state index in [0.717, 1.165) is 16.7 Å². The third-order valence-electron chi connectivity index (χ3n) is 2.79. The van der Waals surface area contributed by atoms with Gasteiger partial charge in [-0.3, -0.25) is 4.57 Å². The van der Waals surface area contributed by atoms with Crippen LogP contribution in [0.25, 0.3) is 16.7 Å². The van der Waals surface area contributed by atoms with Gasteiger partial charge in [0.15, 0.2) is 0 Å². The molecule has 2 aromatic heterocycles. The first-order chi connectivity index (χ1) is 9.29. The van der Waals surface area contributed by atoms with E-state index in [0.29, 0.717) is 11.5 Å².